The highest BCUT2D eigenvalue weighted by Gasteiger charge is 2.37. The Morgan fingerprint density at radius 2 is 1.50 bits per heavy atom. The first-order chi connectivity index (χ1) is 24.3. The van der Waals surface area contributed by atoms with Gasteiger partial charge in [-0.1, -0.05) is 81.3 Å². The highest BCUT2D eigenvalue weighted by atomic mass is 19.1. The van der Waals surface area contributed by atoms with Gasteiger partial charge in [0.2, 0.25) is 5.91 Å². The highest BCUT2D eigenvalue weighted by Crippen LogP contribution is 2.40. The number of halogens is 1. The van der Waals surface area contributed by atoms with Crippen LogP contribution in [0.4, 0.5) is 4.39 Å². The van der Waals surface area contributed by atoms with Crippen LogP contribution in [0, 0.1) is 17.7 Å². The van der Waals surface area contributed by atoms with Crippen molar-refractivity contribution in [1.29, 1.82) is 0 Å². The Balaban J connectivity index is 1.18. The molecule has 258 valence electrons. The molecule has 0 bridgehead atoms. The number of rotatable bonds is 10. The predicted molar refractivity (Wildman–Crippen MR) is 192 cm³/mol. The number of H-pyrrole nitrogens is 2. The van der Waals surface area contributed by atoms with Crippen molar-refractivity contribution in [2.24, 2.45) is 11.8 Å². The van der Waals surface area contributed by atoms with E-state index >= 15 is 4.39 Å². The molecule has 1 saturated carbocycles. The molecule has 1 aliphatic heterocycles. The van der Waals surface area contributed by atoms with Gasteiger partial charge in [-0.15, -0.1) is 0 Å². The SMILES string of the molecule is COC(=O)C[C@H](C(=O)N1CCC[C@H]1c1ncc(-c2cc(F)c(-c3ccc(-c4cnc(C5CCCC5)[nH]4)cc3)c(-c3ccccc3)c2)[nH]1)C(C)C. The monoisotopic (exact) mass is 673 g/mol. The van der Waals surface area contributed by atoms with Crippen LogP contribution in [-0.2, 0) is 14.3 Å². The molecule has 1 saturated heterocycles. The summed E-state index contributed by atoms with van der Waals surface area (Å²) < 4.78 is 21.3. The normalized spacial score (nSPS) is 17.1. The first-order valence-corrected chi connectivity index (χ1v) is 17.8. The van der Waals surface area contributed by atoms with Crippen LogP contribution in [0.2, 0.25) is 0 Å². The Morgan fingerprint density at radius 1 is 0.840 bits per heavy atom. The maximum absolute atomic E-state index is 16.4. The van der Waals surface area contributed by atoms with Crippen molar-refractivity contribution in [3.05, 3.63) is 96.6 Å². The summed E-state index contributed by atoms with van der Waals surface area (Å²) in [4.78, 5) is 43.9. The van der Waals surface area contributed by atoms with Crippen LogP contribution in [0.25, 0.3) is 44.8 Å². The Kier molecular flexibility index (Phi) is 9.65. The molecule has 2 aromatic heterocycles. The average molecular weight is 674 g/mol. The lowest BCUT2D eigenvalue weighted by atomic mass is 9.90. The minimum absolute atomic E-state index is 0.0240. The molecule has 9 heteroatoms. The number of amides is 1. The summed E-state index contributed by atoms with van der Waals surface area (Å²) in [6.07, 6.45) is 10.1. The number of hydrogen-bond donors (Lipinski definition) is 2. The second kappa shape index (κ2) is 14.4. The lowest BCUT2D eigenvalue weighted by Crippen LogP contribution is -2.39. The molecule has 2 aliphatic rings. The maximum atomic E-state index is 16.4. The van der Waals surface area contributed by atoms with Gasteiger partial charge in [0.05, 0.1) is 49.3 Å². The molecule has 0 radical (unpaired) electrons. The maximum Gasteiger partial charge on any atom is 0.306 e. The number of imidazole rings is 2. The lowest BCUT2D eigenvalue weighted by molar-refractivity contribution is -0.148. The van der Waals surface area contributed by atoms with Gasteiger partial charge in [0, 0.05) is 23.6 Å². The third-order valence-electron chi connectivity index (χ3n) is 10.5. The van der Waals surface area contributed by atoms with E-state index in [1.807, 2.05) is 85.6 Å². The van der Waals surface area contributed by atoms with Crippen molar-refractivity contribution < 1.29 is 18.7 Å². The van der Waals surface area contributed by atoms with E-state index in [1.165, 1.54) is 32.8 Å². The van der Waals surface area contributed by atoms with Crippen LogP contribution in [0.1, 0.15) is 82.4 Å². The number of ether oxygens (including phenoxy) is 1. The zero-order valence-electron chi connectivity index (χ0n) is 28.9. The Bertz CT molecular complexity index is 1960. The van der Waals surface area contributed by atoms with E-state index in [1.54, 1.807) is 12.3 Å². The molecule has 2 N–H and O–H groups in total. The van der Waals surface area contributed by atoms with Gasteiger partial charge in [0.15, 0.2) is 0 Å². The smallest absolute Gasteiger partial charge is 0.306 e. The van der Waals surface area contributed by atoms with Crippen molar-refractivity contribution in [2.75, 3.05) is 13.7 Å². The number of nitrogens with one attached hydrogen (secondary N) is 2. The molecule has 3 aromatic carbocycles. The number of hydrogen-bond acceptors (Lipinski definition) is 5. The molecular formula is C41H44FN5O3. The molecule has 5 aromatic rings. The van der Waals surface area contributed by atoms with Gasteiger partial charge < -0.3 is 19.6 Å². The summed E-state index contributed by atoms with van der Waals surface area (Å²) >= 11 is 0. The quantitative estimate of drug-likeness (QED) is 0.144. The Morgan fingerprint density at radius 3 is 2.20 bits per heavy atom. The molecule has 0 spiro atoms. The van der Waals surface area contributed by atoms with Crippen LogP contribution in [0.3, 0.4) is 0 Å². The third-order valence-corrected chi connectivity index (χ3v) is 10.5. The highest BCUT2D eigenvalue weighted by molar-refractivity contribution is 5.88. The molecular weight excluding hydrogens is 629 g/mol. The number of benzene rings is 3. The van der Waals surface area contributed by atoms with Gasteiger partial charge in [-0.25, -0.2) is 14.4 Å². The van der Waals surface area contributed by atoms with E-state index in [9.17, 15) is 9.59 Å². The first-order valence-electron chi connectivity index (χ1n) is 17.8. The van der Waals surface area contributed by atoms with Crippen LogP contribution in [0.5, 0.6) is 0 Å². The van der Waals surface area contributed by atoms with Gasteiger partial charge in [0.1, 0.15) is 17.5 Å². The minimum Gasteiger partial charge on any atom is -0.469 e. The topological polar surface area (TPSA) is 104 Å². The number of esters is 1. The molecule has 1 aliphatic carbocycles. The molecule has 2 fully saturated rings. The van der Waals surface area contributed by atoms with E-state index in [2.05, 4.69) is 15.0 Å². The fourth-order valence-corrected chi connectivity index (χ4v) is 7.66. The van der Waals surface area contributed by atoms with Crippen LogP contribution < -0.4 is 0 Å². The number of aromatic nitrogens is 4. The van der Waals surface area contributed by atoms with Gasteiger partial charge in [0.25, 0.3) is 0 Å². The standard InChI is InChI=1S/C41H44FN5O3/c1-25(2)31(22-37(48)50-3)41(49)47-19-9-14-36(47)40-44-24-35(46-40)30-20-32(26-10-5-4-6-11-26)38(33(42)21-30)28-17-15-27(16-18-28)34-23-43-39(45-34)29-12-7-8-13-29/h4-6,10-11,15-18,20-21,23-25,29,31,36H,7-9,12-14,19,22H2,1-3H3,(H,43,45)(H,44,46)/t31-,36-/m0/s1. The lowest BCUT2D eigenvalue weighted by Gasteiger charge is -2.29. The predicted octanol–water partition coefficient (Wildman–Crippen LogP) is 9.10. The number of aromatic amines is 2. The average Bonchev–Trinajstić information content (AvgIpc) is 3.97. The third kappa shape index (κ3) is 6.73. The van der Waals surface area contributed by atoms with Crippen molar-refractivity contribution >= 4 is 11.9 Å². The van der Waals surface area contributed by atoms with Gasteiger partial charge in [-0.05, 0) is 66.0 Å². The van der Waals surface area contributed by atoms with Crippen molar-refractivity contribution in [3.8, 4) is 44.8 Å². The molecule has 7 rings (SSSR count). The molecule has 50 heavy (non-hydrogen) atoms. The number of carbonyl (C=O) groups excluding carboxylic acids is 2. The van der Waals surface area contributed by atoms with E-state index in [0.717, 1.165) is 46.6 Å². The van der Waals surface area contributed by atoms with E-state index in [-0.39, 0.29) is 30.1 Å². The van der Waals surface area contributed by atoms with Gasteiger partial charge in [-0.3, -0.25) is 9.59 Å². The first kappa shape index (κ1) is 33.4. The Labute approximate surface area is 292 Å². The van der Waals surface area contributed by atoms with Crippen LogP contribution in [0.15, 0.2) is 79.1 Å². The van der Waals surface area contributed by atoms with Crippen molar-refractivity contribution in [3.63, 3.8) is 0 Å². The second-order valence-electron chi connectivity index (χ2n) is 14.0. The van der Waals surface area contributed by atoms with E-state index in [0.29, 0.717) is 35.1 Å². The summed E-state index contributed by atoms with van der Waals surface area (Å²) in [6, 6.07) is 21.1. The summed E-state index contributed by atoms with van der Waals surface area (Å²) in [5, 5.41) is 0. The molecule has 3 heterocycles. The minimum atomic E-state index is -0.476. The number of likely N-dealkylation sites (tertiary alicyclic amines) is 1. The molecule has 2 atom stereocenters. The van der Waals surface area contributed by atoms with E-state index in [4.69, 9.17) is 9.72 Å². The largest absolute Gasteiger partial charge is 0.469 e. The fraction of sp³-hybridized carbons (Fsp3) is 0.366. The molecule has 8 nitrogen and oxygen atoms in total. The van der Waals surface area contributed by atoms with Crippen molar-refractivity contribution in [2.45, 2.75) is 70.8 Å². The zero-order valence-corrected chi connectivity index (χ0v) is 28.9. The van der Waals surface area contributed by atoms with E-state index < -0.39 is 11.9 Å². The molecule has 0 unspecified atom stereocenters. The Hall–Kier alpha value is -5.05. The van der Waals surface area contributed by atoms with Crippen LogP contribution >= 0.6 is 0 Å². The summed E-state index contributed by atoms with van der Waals surface area (Å²) in [5.41, 5.74) is 6.30. The number of carbonyl (C=O) groups is 2. The number of methoxy groups -OCH3 is 1. The summed E-state index contributed by atoms with van der Waals surface area (Å²) in [7, 11) is 1.34. The fourth-order valence-electron chi connectivity index (χ4n) is 7.66. The van der Waals surface area contributed by atoms with Crippen molar-refractivity contribution in [1.82, 2.24) is 24.8 Å². The summed E-state index contributed by atoms with van der Waals surface area (Å²) in [5.74, 6) is 0.916. The van der Waals surface area contributed by atoms with Gasteiger partial charge in [-0.2, -0.15) is 0 Å². The van der Waals surface area contributed by atoms with Gasteiger partial charge >= 0.3 is 5.97 Å². The number of nitrogens with zero attached hydrogens (tertiary/aromatic N) is 3. The molecule has 1 amide bonds. The zero-order chi connectivity index (χ0) is 34.8. The van der Waals surface area contributed by atoms with Crippen LogP contribution in [-0.4, -0.2) is 50.4 Å². The summed E-state index contributed by atoms with van der Waals surface area (Å²) in [6.45, 7) is 4.49. The second-order valence-corrected chi connectivity index (χ2v) is 14.0.